The first-order valence-electron chi connectivity index (χ1n) is 7.02. The van der Waals surface area contributed by atoms with Gasteiger partial charge in [-0.2, -0.15) is 0 Å². The maximum atomic E-state index is 12.8. The number of nitrogens with zero attached hydrogens (tertiary/aromatic N) is 1. The summed E-state index contributed by atoms with van der Waals surface area (Å²) in [6.07, 6.45) is 0. The van der Waals surface area contributed by atoms with Crippen LogP contribution in [0.5, 0.6) is 0 Å². The summed E-state index contributed by atoms with van der Waals surface area (Å²) < 4.78 is 17.9. The highest BCUT2D eigenvalue weighted by Gasteiger charge is 2.39. The van der Waals surface area contributed by atoms with Crippen molar-refractivity contribution in [1.82, 2.24) is 0 Å². The molecule has 1 aliphatic heterocycles. The lowest BCUT2D eigenvalue weighted by molar-refractivity contribution is 0.282. The van der Waals surface area contributed by atoms with Crippen molar-refractivity contribution < 1.29 is 8.95 Å². The van der Waals surface area contributed by atoms with E-state index in [1.165, 1.54) is 0 Å². The molecule has 0 aromatic heterocycles. The summed E-state index contributed by atoms with van der Waals surface area (Å²) in [5.41, 5.74) is 1.16. The summed E-state index contributed by atoms with van der Waals surface area (Å²) in [6, 6.07) is 7.99. The van der Waals surface area contributed by atoms with Crippen molar-refractivity contribution in [1.29, 1.82) is 0 Å². The molecule has 2 rings (SSSR count). The maximum Gasteiger partial charge on any atom is 0.202 e. The molecule has 0 aliphatic carbocycles. The van der Waals surface area contributed by atoms with Crippen LogP contribution in [0.1, 0.15) is 33.3 Å². The van der Waals surface area contributed by atoms with Gasteiger partial charge in [0.2, 0.25) is 5.90 Å². The van der Waals surface area contributed by atoms with Crippen LogP contribution in [0.4, 0.5) is 0 Å². The lowest BCUT2D eigenvalue weighted by Crippen LogP contribution is -2.37. The van der Waals surface area contributed by atoms with Gasteiger partial charge >= 0.3 is 0 Å². The topological polar surface area (TPSA) is 38.7 Å². The van der Waals surface area contributed by atoms with Gasteiger partial charge in [-0.15, -0.1) is 0 Å². The zero-order valence-electron chi connectivity index (χ0n) is 12.8. The van der Waals surface area contributed by atoms with Crippen LogP contribution >= 0.6 is 0 Å². The van der Waals surface area contributed by atoms with E-state index in [1.54, 1.807) is 0 Å². The minimum absolute atomic E-state index is 0.180. The Kier molecular flexibility index (Phi) is 4.33. The molecule has 0 radical (unpaired) electrons. The van der Waals surface area contributed by atoms with E-state index in [9.17, 15) is 4.21 Å². The third-order valence-corrected chi connectivity index (χ3v) is 5.46. The zero-order valence-corrected chi connectivity index (χ0v) is 13.7. The van der Waals surface area contributed by atoms with Crippen LogP contribution in [-0.4, -0.2) is 27.5 Å². The molecule has 20 heavy (non-hydrogen) atoms. The predicted molar refractivity (Wildman–Crippen MR) is 83.7 cm³/mol. The molecule has 0 saturated carbocycles. The van der Waals surface area contributed by atoms with E-state index in [0.717, 1.165) is 10.5 Å². The van der Waals surface area contributed by atoms with E-state index in [0.29, 0.717) is 18.4 Å². The molecule has 4 heteroatoms. The average molecular weight is 293 g/mol. The molecule has 0 fully saturated rings. The summed E-state index contributed by atoms with van der Waals surface area (Å²) in [5, 5.41) is 0. The Morgan fingerprint density at radius 1 is 1.30 bits per heavy atom. The first-order chi connectivity index (χ1) is 9.32. The molecule has 1 heterocycles. The molecule has 0 amide bonds. The summed E-state index contributed by atoms with van der Waals surface area (Å²) >= 11 is 0. The summed E-state index contributed by atoms with van der Waals surface area (Å²) in [4.78, 5) is 5.44. The van der Waals surface area contributed by atoms with Crippen LogP contribution in [0.3, 0.4) is 0 Å². The lowest BCUT2D eigenvalue weighted by atomic mass is 10.1. The summed E-state index contributed by atoms with van der Waals surface area (Å²) in [6.45, 7) is 10.8. The van der Waals surface area contributed by atoms with E-state index in [2.05, 4.69) is 18.8 Å². The summed E-state index contributed by atoms with van der Waals surface area (Å²) in [7, 11) is -1.18. The Bertz CT molecular complexity index is 532. The number of hydrogen-bond acceptors (Lipinski definition) is 3. The van der Waals surface area contributed by atoms with Crippen LogP contribution in [0.2, 0.25) is 0 Å². The van der Waals surface area contributed by atoms with Crippen molar-refractivity contribution >= 4 is 16.7 Å². The molecule has 0 unspecified atom stereocenters. The second-order valence-electron chi connectivity index (χ2n) is 6.15. The Balaban J connectivity index is 2.24. The predicted octanol–water partition coefficient (Wildman–Crippen LogP) is 3.33. The number of benzene rings is 1. The fraction of sp³-hybridized carbons (Fsp3) is 0.562. The van der Waals surface area contributed by atoms with Gasteiger partial charge in [0.1, 0.15) is 11.4 Å². The van der Waals surface area contributed by atoms with Crippen molar-refractivity contribution in [3.8, 4) is 0 Å². The second kappa shape index (κ2) is 5.68. The van der Waals surface area contributed by atoms with Crippen molar-refractivity contribution in [2.45, 2.75) is 50.3 Å². The van der Waals surface area contributed by atoms with Crippen LogP contribution < -0.4 is 0 Å². The Morgan fingerprint density at radius 3 is 2.40 bits per heavy atom. The van der Waals surface area contributed by atoms with Crippen LogP contribution in [-0.2, 0) is 15.5 Å². The van der Waals surface area contributed by atoms with Crippen molar-refractivity contribution in [3.05, 3.63) is 29.8 Å². The molecule has 0 saturated heterocycles. The quantitative estimate of drug-likeness (QED) is 0.854. The van der Waals surface area contributed by atoms with Crippen molar-refractivity contribution in [2.24, 2.45) is 10.9 Å². The normalized spacial score (nSPS) is 20.7. The SMILES string of the molecule is Cc1ccc([S@](=O)C(C)(C)C2=N[C@@H](C(C)C)CO2)cc1. The van der Waals surface area contributed by atoms with Crippen LogP contribution in [0, 0.1) is 12.8 Å². The number of aliphatic imine (C=N–C) groups is 1. The first kappa shape index (κ1) is 15.2. The number of rotatable bonds is 4. The Hall–Kier alpha value is -1.16. The third-order valence-electron chi connectivity index (χ3n) is 3.66. The number of ether oxygens (including phenoxy) is 1. The molecule has 0 bridgehead atoms. The standard InChI is InChI=1S/C16H23NO2S/c1-11(2)14-10-19-15(17-14)16(4,5)20(18)13-8-6-12(3)7-9-13/h6-9,11,14H,10H2,1-5H3/t14-,20+/m1/s1. The lowest BCUT2D eigenvalue weighted by Gasteiger charge is -2.23. The molecular weight excluding hydrogens is 270 g/mol. The molecule has 0 N–H and O–H groups in total. The van der Waals surface area contributed by atoms with E-state index < -0.39 is 15.5 Å². The largest absolute Gasteiger partial charge is 0.478 e. The molecule has 2 atom stereocenters. The highest BCUT2D eigenvalue weighted by molar-refractivity contribution is 7.87. The van der Waals surface area contributed by atoms with Gasteiger partial charge in [0.15, 0.2) is 0 Å². The molecular formula is C16H23NO2S. The Labute approximate surface area is 123 Å². The highest BCUT2D eigenvalue weighted by Crippen LogP contribution is 2.27. The average Bonchev–Trinajstić information content (AvgIpc) is 2.89. The van der Waals surface area contributed by atoms with Gasteiger partial charge in [-0.25, -0.2) is 4.99 Å². The molecule has 3 nitrogen and oxygen atoms in total. The number of hydrogen-bond donors (Lipinski definition) is 0. The van der Waals surface area contributed by atoms with E-state index in [4.69, 9.17) is 4.74 Å². The molecule has 1 aromatic rings. The van der Waals surface area contributed by atoms with Gasteiger partial charge < -0.3 is 4.74 Å². The monoisotopic (exact) mass is 293 g/mol. The molecule has 110 valence electrons. The van der Waals surface area contributed by atoms with E-state index in [1.807, 2.05) is 45.0 Å². The van der Waals surface area contributed by atoms with Crippen molar-refractivity contribution in [2.75, 3.05) is 6.61 Å². The van der Waals surface area contributed by atoms with Gasteiger partial charge in [-0.3, -0.25) is 4.21 Å². The molecule has 0 spiro atoms. The second-order valence-corrected chi connectivity index (χ2v) is 8.18. The Morgan fingerprint density at radius 2 is 1.90 bits per heavy atom. The van der Waals surface area contributed by atoms with Gasteiger partial charge in [0.05, 0.1) is 16.8 Å². The minimum atomic E-state index is -1.18. The van der Waals surface area contributed by atoms with E-state index in [-0.39, 0.29) is 6.04 Å². The van der Waals surface area contributed by atoms with Crippen LogP contribution in [0.25, 0.3) is 0 Å². The van der Waals surface area contributed by atoms with Crippen LogP contribution in [0.15, 0.2) is 34.2 Å². The maximum absolute atomic E-state index is 12.8. The van der Waals surface area contributed by atoms with Gasteiger partial charge in [0.25, 0.3) is 0 Å². The van der Waals surface area contributed by atoms with Gasteiger partial charge in [-0.1, -0.05) is 31.5 Å². The first-order valence-corrected chi connectivity index (χ1v) is 8.17. The fourth-order valence-corrected chi connectivity index (χ4v) is 3.34. The smallest absolute Gasteiger partial charge is 0.202 e. The van der Waals surface area contributed by atoms with E-state index >= 15 is 0 Å². The zero-order chi connectivity index (χ0) is 14.9. The van der Waals surface area contributed by atoms with Gasteiger partial charge in [-0.05, 0) is 38.8 Å². The third kappa shape index (κ3) is 2.95. The molecule has 1 aliphatic rings. The van der Waals surface area contributed by atoms with Gasteiger partial charge in [0, 0.05) is 4.90 Å². The molecule has 1 aromatic carbocycles. The minimum Gasteiger partial charge on any atom is -0.478 e. The fourth-order valence-electron chi connectivity index (χ4n) is 2.10. The summed E-state index contributed by atoms with van der Waals surface area (Å²) in [5.74, 6) is 1.06. The highest BCUT2D eigenvalue weighted by atomic mass is 32.2. The number of aryl methyl sites for hydroxylation is 1. The van der Waals surface area contributed by atoms with Crippen molar-refractivity contribution in [3.63, 3.8) is 0 Å².